The van der Waals surface area contributed by atoms with Crippen molar-refractivity contribution in [1.82, 2.24) is 4.90 Å². The Morgan fingerprint density at radius 1 is 1.22 bits per heavy atom. The van der Waals surface area contributed by atoms with E-state index in [-0.39, 0.29) is 0 Å². The Morgan fingerprint density at radius 2 is 1.89 bits per heavy atom. The van der Waals surface area contributed by atoms with Gasteiger partial charge in [-0.2, -0.15) is 0 Å². The van der Waals surface area contributed by atoms with Crippen LogP contribution in [0.5, 0.6) is 0 Å². The molecule has 0 spiro atoms. The molecule has 2 N–H and O–H groups in total. The van der Waals surface area contributed by atoms with Gasteiger partial charge in [0.1, 0.15) is 0 Å². The summed E-state index contributed by atoms with van der Waals surface area (Å²) in [4.78, 5) is 2.53. The van der Waals surface area contributed by atoms with Gasteiger partial charge in [-0.15, -0.1) is 0 Å². The fourth-order valence-corrected chi connectivity index (χ4v) is 3.38. The van der Waals surface area contributed by atoms with Crippen LogP contribution >= 0.6 is 0 Å². The van der Waals surface area contributed by atoms with Gasteiger partial charge in [-0.25, -0.2) is 0 Å². The molecule has 0 bridgehead atoms. The first-order valence-electron chi connectivity index (χ1n) is 7.89. The summed E-state index contributed by atoms with van der Waals surface area (Å²) in [5, 5.41) is 0. The van der Waals surface area contributed by atoms with Gasteiger partial charge >= 0.3 is 0 Å². The molecule has 0 saturated heterocycles. The van der Waals surface area contributed by atoms with Crippen LogP contribution in [-0.4, -0.2) is 30.6 Å². The average molecular weight is 254 g/mol. The molecule has 0 radical (unpaired) electrons. The monoisotopic (exact) mass is 254 g/mol. The van der Waals surface area contributed by atoms with E-state index in [1.165, 1.54) is 38.6 Å². The minimum Gasteiger partial charge on any atom is -0.327 e. The summed E-state index contributed by atoms with van der Waals surface area (Å²) >= 11 is 0. The van der Waals surface area contributed by atoms with Crippen LogP contribution in [-0.2, 0) is 0 Å². The van der Waals surface area contributed by atoms with Gasteiger partial charge in [0, 0.05) is 18.6 Å². The third-order valence-corrected chi connectivity index (χ3v) is 4.81. The number of nitrogens with zero attached hydrogens (tertiary/aromatic N) is 1. The first-order chi connectivity index (χ1) is 8.43. The van der Waals surface area contributed by atoms with Crippen molar-refractivity contribution in [1.29, 1.82) is 0 Å². The highest BCUT2D eigenvalue weighted by Gasteiger charge is 2.28. The molecular weight excluding hydrogens is 220 g/mol. The summed E-state index contributed by atoms with van der Waals surface area (Å²) < 4.78 is 0. The number of hydrogen-bond donors (Lipinski definition) is 1. The van der Waals surface area contributed by atoms with E-state index in [1.54, 1.807) is 0 Å². The molecule has 0 heterocycles. The van der Waals surface area contributed by atoms with Crippen molar-refractivity contribution in [3.8, 4) is 0 Å². The molecule has 1 fully saturated rings. The molecule has 4 unspecified atom stereocenters. The van der Waals surface area contributed by atoms with Gasteiger partial charge in [-0.3, -0.25) is 0 Å². The van der Waals surface area contributed by atoms with Gasteiger partial charge in [0.15, 0.2) is 0 Å². The van der Waals surface area contributed by atoms with Gasteiger partial charge in [-0.05, 0) is 57.4 Å². The molecule has 2 heteroatoms. The molecule has 1 rings (SSSR count). The van der Waals surface area contributed by atoms with Crippen molar-refractivity contribution in [3.63, 3.8) is 0 Å². The molecule has 108 valence electrons. The Labute approximate surface area is 114 Å². The zero-order chi connectivity index (χ0) is 13.7. The lowest BCUT2D eigenvalue weighted by Crippen LogP contribution is -2.44. The summed E-state index contributed by atoms with van der Waals surface area (Å²) in [6.07, 6.45) is 6.54. The first-order valence-corrected chi connectivity index (χ1v) is 7.89. The molecule has 2 nitrogen and oxygen atoms in total. The van der Waals surface area contributed by atoms with Gasteiger partial charge < -0.3 is 10.6 Å². The fraction of sp³-hybridized carbons (Fsp3) is 1.00. The Balaban J connectivity index is 2.43. The summed E-state index contributed by atoms with van der Waals surface area (Å²) in [5.41, 5.74) is 6.32. The lowest BCUT2D eigenvalue weighted by atomic mass is 9.77. The van der Waals surface area contributed by atoms with Crippen molar-refractivity contribution >= 4 is 0 Å². The Kier molecular flexibility index (Phi) is 6.65. The maximum absolute atomic E-state index is 6.32. The summed E-state index contributed by atoms with van der Waals surface area (Å²) in [5.74, 6) is 2.41. The van der Waals surface area contributed by atoms with E-state index in [1.807, 2.05) is 0 Å². The van der Waals surface area contributed by atoms with Crippen LogP contribution in [0, 0.1) is 17.8 Å². The molecule has 0 aromatic heterocycles. The Hall–Kier alpha value is -0.0800. The van der Waals surface area contributed by atoms with Crippen molar-refractivity contribution < 1.29 is 0 Å². The van der Waals surface area contributed by atoms with Gasteiger partial charge in [-0.1, -0.05) is 27.2 Å². The molecule has 18 heavy (non-hydrogen) atoms. The molecule has 0 aromatic carbocycles. The second kappa shape index (κ2) is 7.49. The second-order valence-corrected chi connectivity index (χ2v) is 6.93. The molecular formula is C16H34N2. The zero-order valence-electron chi connectivity index (χ0n) is 13.2. The minimum atomic E-state index is 0.432. The fourth-order valence-electron chi connectivity index (χ4n) is 3.38. The molecule has 4 atom stereocenters. The van der Waals surface area contributed by atoms with Crippen molar-refractivity contribution in [2.45, 2.75) is 71.9 Å². The molecule has 1 aliphatic carbocycles. The van der Waals surface area contributed by atoms with Crippen molar-refractivity contribution in [3.05, 3.63) is 0 Å². The molecule has 1 aliphatic rings. The van der Waals surface area contributed by atoms with Gasteiger partial charge in [0.2, 0.25) is 0 Å². The Morgan fingerprint density at radius 3 is 2.44 bits per heavy atom. The summed E-state index contributed by atoms with van der Waals surface area (Å²) in [6, 6.07) is 1.11. The van der Waals surface area contributed by atoms with E-state index >= 15 is 0 Å². The van der Waals surface area contributed by atoms with Crippen LogP contribution in [0.25, 0.3) is 0 Å². The van der Waals surface area contributed by atoms with E-state index in [9.17, 15) is 0 Å². The third kappa shape index (κ3) is 4.89. The highest BCUT2D eigenvalue weighted by Crippen LogP contribution is 2.31. The lowest BCUT2D eigenvalue weighted by Gasteiger charge is -2.38. The van der Waals surface area contributed by atoms with E-state index in [0.29, 0.717) is 18.0 Å². The van der Waals surface area contributed by atoms with Crippen molar-refractivity contribution in [2.75, 3.05) is 13.6 Å². The molecule has 0 aromatic rings. The number of rotatable bonds is 6. The quantitative estimate of drug-likeness (QED) is 0.786. The first kappa shape index (κ1) is 16.0. The largest absolute Gasteiger partial charge is 0.327 e. The minimum absolute atomic E-state index is 0.432. The smallest absolute Gasteiger partial charge is 0.00795 e. The normalized spacial score (nSPS) is 31.0. The Bertz CT molecular complexity index is 227. The predicted octanol–water partition coefficient (Wildman–Crippen LogP) is 3.51. The highest BCUT2D eigenvalue weighted by molar-refractivity contribution is 4.84. The summed E-state index contributed by atoms with van der Waals surface area (Å²) in [6.45, 7) is 10.5. The van der Waals surface area contributed by atoms with E-state index < -0.39 is 0 Å². The van der Waals surface area contributed by atoms with Crippen LogP contribution in [0.3, 0.4) is 0 Å². The van der Waals surface area contributed by atoms with Gasteiger partial charge in [0.05, 0.1) is 0 Å². The third-order valence-electron chi connectivity index (χ3n) is 4.81. The van der Waals surface area contributed by atoms with E-state index in [0.717, 1.165) is 11.8 Å². The molecule has 0 aliphatic heterocycles. The van der Waals surface area contributed by atoms with Crippen LogP contribution in [0.1, 0.15) is 59.8 Å². The predicted molar refractivity (Wildman–Crippen MR) is 80.6 cm³/mol. The van der Waals surface area contributed by atoms with Crippen LogP contribution in [0.15, 0.2) is 0 Å². The van der Waals surface area contributed by atoms with Crippen LogP contribution < -0.4 is 5.73 Å². The van der Waals surface area contributed by atoms with Crippen LogP contribution in [0.2, 0.25) is 0 Å². The van der Waals surface area contributed by atoms with Crippen molar-refractivity contribution in [2.24, 2.45) is 23.5 Å². The highest BCUT2D eigenvalue weighted by atomic mass is 15.1. The van der Waals surface area contributed by atoms with E-state index in [2.05, 4.69) is 39.6 Å². The van der Waals surface area contributed by atoms with E-state index in [4.69, 9.17) is 5.73 Å². The zero-order valence-corrected chi connectivity index (χ0v) is 13.2. The lowest BCUT2D eigenvalue weighted by molar-refractivity contribution is 0.139. The molecule has 1 saturated carbocycles. The topological polar surface area (TPSA) is 29.3 Å². The average Bonchev–Trinajstić information content (AvgIpc) is 2.31. The maximum atomic E-state index is 6.32. The summed E-state index contributed by atoms with van der Waals surface area (Å²) in [7, 11) is 2.27. The van der Waals surface area contributed by atoms with Crippen LogP contribution in [0.4, 0.5) is 0 Å². The molecule has 0 amide bonds. The standard InChI is InChI=1S/C16H34N2/c1-6-14-7-8-16(17)15(10-14)11-18(5)13(4)9-12(2)3/h12-16H,6-11,17H2,1-5H3. The van der Waals surface area contributed by atoms with Gasteiger partial charge in [0.25, 0.3) is 0 Å². The number of nitrogens with two attached hydrogens (primary N) is 1. The number of hydrogen-bond acceptors (Lipinski definition) is 2. The SMILES string of the molecule is CCC1CCC(N)C(CN(C)C(C)CC(C)C)C1. The maximum Gasteiger partial charge on any atom is 0.00795 e. The second-order valence-electron chi connectivity index (χ2n) is 6.93.